The maximum Gasteiger partial charge on any atom is 0.124 e. The number of fused-ring (bicyclic) bond motifs is 1. The lowest BCUT2D eigenvalue weighted by molar-refractivity contribution is 0.138. The van der Waals surface area contributed by atoms with Gasteiger partial charge in [-0.1, -0.05) is 24.3 Å². The van der Waals surface area contributed by atoms with Crippen LogP contribution in [0.3, 0.4) is 0 Å². The van der Waals surface area contributed by atoms with Gasteiger partial charge in [0, 0.05) is 13.0 Å². The summed E-state index contributed by atoms with van der Waals surface area (Å²) in [6.45, 7) is 4.80. The van der Waals surface area contributed by atoms with Gasteiger partial charge in [-0.2, -0.15) is 0 Å². The van der Waals surface area contributed by atoms with Crippen LogP contribution in [0.2, 0.25) is 0 Å². The van der Waals surface area contributed by atoms with Crippen molar-refractivity contribution in [1.82, 2.24) is 0 Å². The fourth-order valence-electron chi connectivity index (χ4n) is 1.91. The number of nitrogens with two attached hydrogens (primary N) is 1. The van der Waals surface area contributed by atoms with E-state index in [4.69, 9.17) is 10.5 Å². The topological polar surface area (TPSA) is 35.2 Å². The Bertz CT molecular complexity index is 394. The molecule has 0 aromatic heterocycles. The van der Waals surface area contributed by atoms with Crippen LogP contribution in [0, 0.1) is 0 Å². The third kappa shape index (κ3) is 2.21. The van der Waals surface area contributed by atoms with E-state index in [0.717, 1.165) is 17.7 Å². The Hall–Kier alpha value is -1.28. The van der Waals surface area contributed by atoms with Gasteiger partial charge in [0.25, 0.3) is 0 Å². The summed E-state index contributed by atoms with van der Waals surface area (Å²) in [4.78, 5) is 0. The highest BCUT2D eigenvalue weighted by molar-refractivity contribution is 5.55. The van der Waals surface area contributed by atoms with Crippen LogP contribution in [-0.2, 0) is 6.42 Å². The van der Waals surface area contributed by atoms with Gasteiger partial charge >= 0.3 is 0 Å². The van der Waals surface area contributed by atoms with Crippen LogP contribution in [0.15, 0.2) is 24.3 Å². The van der Waals surface area contributed by atoms with Gasteiger partial charge in [-0.3, -0.25) is 0 Å². The molecule has 0 saturated heterocycles. The zero-order chi connectivity index (χ0) is 10.9. The maximum atomic E-state index is 5.85. The largest absolute Gasteiger partial charge is 0.487 e. The van der Waals surface area contributed by atoms with Gasteiger partial charge in [0.1, 0.15) is 11.4 Å². The third-order valence-corrected chi connectivity index (χ3v) is 2.54. The lowest BCUT2D eigenvalue weighted by Gasteiger charge is -2.16. The third-order valence-electron chi connectivity index (χ3n) is 2.54. The van der Waals surface area contributed by atoms with Crippen molar-refractivity contribution >= 4 is 6.08 Å². The summed E-state index contributed by atoms with van der Waals surface area (Å²) in [6.07, 6.45) is 4.96. The van der Waals surface area contributed by atoms with Gasteiger partial charge in [-0.25, -0.2) is 0 Å². The van der Waals surface area contributed by atoms with Gasteiger partial charge < -0.3 is 10.5 Å². The van der Waals surface area contributed by atoms with E-state index in [0.29, 0.717) is 6.54 Å². The minimum absolute atomic E-state index is 0.0570. The van der Waals surface area contributed by atoms with Crippen molar-refractivity contribution in [2.45, 2.75) is 25.9 Å². The molecule has 0 amide bonds. The van der Waals surface area contributed by atoms with Crippen LogP contribution in [0.1, 0.15) is 25.0 Å². The molecule has 2 rings (SSSR count). The predicted octanol–water partition coefficient (Wildman–Crippen LogP) is 2.37. The molecule has 1 aromatic rings. The second-order valence-corrected chi connectivity index (χ2v) is 4.54. The van der Waals surface area contributed by atoms with E-state index in [2.05, 4.69) is 32.0 Å². The standard InChI is InChI=1S/C13H17NO/c1-13(2)9-11-6-5-10(4-3-7-14)8-12(11)15-13/h3-6,8H,7,9,14H2,1-2H3/b4-3+. The van der Waals surface area contributed by atoms with Crippen molar-refractivity contribution < 1.29 is 4.74 Å². The van der Waals surface area contributed by atoms with E-state index in [1.807, 2.05) is 12.2 Å². The Morgan fingerprint density at radius 3 is 3.00 bits per heavy atom. The number of ether oxygens (including phenoxy) is 1. The molecule has 0 aliphatic carbocycles. The molecule has 0 unspecified atom stereocenters. The number of hydrogen-bond donors (Lipinski definition) is 1. The van der Waals surface area contributed by atoms with Crippen LogP contribution < -0.4 is 10.5 Å². The van der Waals surface area contributed by atoms with E-state index in [9.17, 15) is 0 Å². The Balaban J connectivity index is 2.26. The molecule has 2 nitrogen and oxygen atoms in total. The van der Waals surface area contributed by atoms with Crippen molar-refractivity contribution in [2.24, 2.45) is 5.73 Å². The van der Waals surface area contributed by atoms with E-state index in [1.165, 1.54) is 5.56 Å². The van der Waals surface area contributed by atoms with Crippen LogP contribution in [0.25, 0.3) is 6.08 Å². The zero-order valence-corrected chi connectivity index (χ0v) is 9.29. The molecule has 1 aromatic carbocycles. The fourth-order valence-corrected chi connectivity index (χ4v) is 1.91. The predicted molar refractivity (Wildman–Crippen MR) is 62.9 cm³/mol. The van der Waals surface area contributed by atoms with Gasteiger partial charge in [0.05, 0.1) is 0 Å². The molecule has 0 bridgehead atoms. The average molecular weight is 203 g/mol. The SMILES string of the molecule is CC1(C)Cc2ccc(/C=C/CN)cc2O1. The summed E-state index contributed by atoms with van der Waals surface area (Å²) in [5, 5.41) is 0. The van der Waals surface area contributed by atoms with Crippen LogP contribution in [-0.4, -0.2) is 12.1 Å². The first-order chi connectivity index (χ1) is 7.11. The Kier molecular flexibility index (Phi) is 2.53. The number of hydrogen-bond acceptors (Lipinski definition) is 2. The molecule has 2 heteroatoms. The highest BCUT2D eigenvalue weighted by atomic mass is 16.5. The number of benzene rings is 1. The van der Waals surface area contributed by atoms with Crippen molar-refractivity contribution in [3.8, 4) is 5.75 Å². The molecule has 0 fully saturated rings. The summed E-state index contributed by atoms with van der Waals surface area (Å²) < 4.78 is 5.85. The first-order valence-corrected chi connectivity index (χ1v) is 5.29. The smallest absolute Gasteiger partial charge is 0.124 e. The van der Waals surface area contributed by atoms with E-state index in [-0.39, 0.29) is 5.60 Å². The summed E-state index contributed by atoms with van der Waals surface area (Å²) in [5.74, 6) is 1.01. The quantitative estimate of drug-likeness (QED) is 0.801. The fraction of sp³-hybridized carbons (Fsp3) is 0.385. The summed E-state index contributed by atoms with van der Waals surface area (Å²) >= 11 is 0. The van der Waals surface area contributed by atoms with E-state index < -0.39 is 0 Å². The van der Waals surface area contributed by atoms with Crippen LogP contribution in [0.5, 0.6) is 5.75 Å². The van der Waals surface area contributed by atoms with Crippen molar-refractivity contribution in [3.05, 3.63) is 35.4 Å². The summed E-state index contributed by atoms with van der Waals surface area (Å²) in [7, 11) is 0. The minimum Gasteiger partial charge on any atom is -0.487 e. The minimum atomic E-state index is -0.0570. The highest BCUT2D eigenvalue weighted by Crippen LogP contribution is 2.35. The molecule has 0 atom stereocenters. The van der Waals surface area contributed by atoms with Crippen molar-refractivity contribution in [1.29, 1.82) is 0 Å². The van der Waals surface area contributed by atoms with E-state index >= 15 is 0 Å². The molecule has 0 spiro atoms. The normalized spacial score (nSPS) is 17.8. The Morgan fingerprint density at radius 2 is 2.27 bits per heavy atom. The summed E-state index contributed by atoms with van der Waals surface area (Å²) in [6, 6.07) is 6.33. The van der Waals surface area contributed by atoms with Gasteiger partial charge in [-0.05, 0) is 31.0 Å². The molecule has 1 aliphatic heterocycles. The first kappa shape index (κ1) is 10.2. The lowest BCUT2D eigenvalue weighted by atomic mass is 10.0. The molecule has 0 saturated carbocycles. The Morgan fingerprint density at radius 1 is 1.47 bits per heavy atom. The van der Waals surface area contributed by atoms with Crippen LogP contribution >= 0.6 is 0 Å². The second-order valence-electron chi connectivity index (χ2n) is 4.54. The van der Waals surface area contributed by atoms with E-state index in [1.54, 1.807) is 0 Å². The molecule has 15 heavy (non-hydrogen) atoms. The van der Waals surface area contributed by atoms with Crippen LogP contribution in [0.4, 0.5) is 0 Å². The molecule has 2 N–H and O–H groups in total. The van der Waals surface area contributed by atoms with Crippen molar-refractivity contribution in [2.75, 3.05) is 6.54 Å². The molecular weight excluding hydrogens is 186 g/mol. The zero-order valence-electron chi connectivity index (χ0n) is 9.29. The lowest BCUT2D eigenvalue weighted by Crippen LogP contribution is -2.24. The molecule has 1 aliphatic rings. The number of rotatable bonds is 2. The molecular formula is C13H17NO. The molecule has 80 valence electrons. The highest BCUT2D eigenvalue weighted by Gasteiger charge is 2.29. The monoisotopic (exact) mass is 203 g/mol. The first-order valence-electron chi connectivity index (χ1n) is 5.29. The maximum absolute atomic E-state index is 5.85. The average Bonchev–Trinajstić information content (AvgIpc) is 2.47. The summed E-state index contributed by atoms with van der Waals surface area (Å²) in [5.41, 5.74) is 7.80. The second kappa shape index (κ2) is 3.70. The molecule has 1 heterocycles. The Labute approximate surface area is 90.7 Å². The van der Waals surface area contributed by atoms with Gasteiger partial charge in [-0.15, -0.1) is 0 Å². The molecule has 0 radical (unpaired) electrons. The van der Waals surface area contributed by atoms with Crippen molar-refractivity contribution in [3.63, 3.8) is 0 Å². The van der Waals surface area contributed by atoms with Gasteiger partial charge in [0.15, 0.2) is 0 Å². The van der Waals surface area contributed by atoms with Gasteiger partial charge in [0.2, 0.25) is 0 Å².